The van der Waals surface area contributed by atoms with Crippen molar-refractivity contribution in [2.24, 2.45) is 5.10 Å². The molecule has 3 rings (SSSR count). The molecule has 0 heterocycles. The van der Waals surface area contributed by atoms with Gasteiger partial charge < -0.3 is 9.47 Å². The first kappa shape index (κ1) is 24.8. The predicted octanol–water partition coefficient (Wildman–Crippen LogP) is 3.67. The van der Waals surface area contributed by atoms with Gasteiger partial charge in [0.25, 0.3) is 15.9 Å². The van der Waals surface area contributed by atoms with Crippen molar-refractivity contribution in [3.05, 3.63) is 83.4 Å². The maximum absolute atomic E-state index is 13.5. The highest BCUT2D eigenvalue weighted by molar-refractivity contribution is 7.92. The monoisotopic (exact) mass is 481 g/mol. The number of hydrogen-bond donors (Lipinski definition) is 1. The van der Waals surface area contributed by atoms with Gasteiger partial charge in [0.1, 0.15) is 18.0 Å². The molecule has 0 atom stereocenters. The summed E-state index contributed by atoms with van der Waals surface area (Å²) in [5.74, 6) is 0.540. The highest BCUT2D eigenvalue weighted by atomic mass is 32.2. The minimum Gasteiger partial charge on any atom is -0.497 e. The molecule has 34 heavy (non-hydrogen) atoms. The minimum atomic E-state index is -4.00. The molecule has 0 aliphatic rings. The van der Waals surface area contributed by atoms with Crippen LogP contribution in [0.15, 0.2) is 76.7 Å². The van der Waals surface area contributed by atoms with Crippen LogP contribution in [0.2, 0.25) is 0 Å². The first-order valence-electron chi connectivity index (χ1n) is 10.4. The fraction of sp³-hybridized carbons (Fsp3) is 0.200. The fourth-order valence-electron chi connectivity index (χ4n) is 3.27. The van der Waals surface area contributed by atoms with E-state index in [1.807, 2.05) is 19.1 Å². The number of carbonyl (C=O) groups is 1. The van der Waals surface area contributed by atoms with Gasteiger partial charge in [-0.3, -0.25) is 9.10 Å². The number of rotatable bonds is 9. The largest absolute Gasteiger partial charge is 0.497 e. The van der Waals surface area contributed by atoms with Crippen molar-refractivity contribution < 1.29 is 22.7 Å². The lowest BCUT2D eigenvalue weighted by Crippen LogP contribution is -2.40. The summed E-state index contributed by atoms with van der Waals surface area (Å²) in [6.07, 6.45) is 1.42. The SMILES string of the molecule is COc1ccc(/C=N\NC(=O)CN(c2cc(C)ccc2C)S(=O)(=O)c2ccccc2)c(OC)c1. The number of ether oxygens (including phenoxy) is 2. The Bertz CT molecular complexity index is 1290. The van der Waals surface area contributed by atoms with Gasteiger partial charge >= 0.3 is 0 Å². The maximum Gasteiger partial charge on any atom is 0.264 e. The molecule has 0 aromatic heterocycles. The predicted molar refractivity (Wildman–Crippen MR) is 132 cm³/mol. The third kappa shape index (κ3) is 5.74. The number of amides is 1. The highest BCUT2D eigenvalue weighted by Crippen LogP contribution is 2.28. The van der Waals surface area contributed by atoms with Gasteiger partial charge in [0.05, 0.1) is 31.0 Å². The summed E-state index contributed by atoms with van der Waals surface area (Å²) in [6, 6.07) is 18.6. The number of sulfonamides is 1. The molecule has 8 nitrogen and oxygen atoms in total. The molecule has 0 unspecified atom stereocenters. The topological polar surface area (TPSA) is 97.3 Å². The van der Waals surface area contributed by atoms with Crippen molar-refractivity contribution >= 4 is 27.8 Å². The van der Waals surface area contributed by atoms with Crippen LogP contribution in [0.1, 0.15) is 16.7 Å². The maximum atomic E-state index is 13.5. The fourth-order valence-corrected chi connectivity index (χ4v) is 4.77. The molecule has 0 fully saturated rings. The van der Waals surface area contributed by atoms with Gasteiger partial charge in [-0.25, -0.2) is 13.8 Å². The number of methoxy groups -OCH3 is 2. The molecular weight excluding hydrogens is 454 g/mol. The Morgan fingerprint density at radius 3 is 2.41 bits per heavy atom. The molecule has 3 aromatic rings. The molecule has 0 radical (unpaired) electrons. The van der Waals surface area contributed by atoms with E-state index in [1.165, 1.54) is 25.5 Å². The number of anilines is 1. The van der Waals surface area contributed by atoms with Gasteiger partial charge in [0.2, 0.25) is 0 Å². The summed E-state index contributed by atoms with van der Waals surface area (Å²) in [5.41, 5.74) is 5.05. The highest BCUT2D eigenvalue weighted by Gasteiger charge is 2.28. The van der Waals surface area contributed by atoms with E-state index >= 15 is 0 Å². The van der Waals surface area contributed by atoms with Gasteiger partial charge in [-0.05, 0) is 55.3 Å². The standard InChI is InChI=1S/C25H27N3O5S/c1-18-10-11-19(2)23(14-18)28(34(30,31)22-8-6-5-7-9-22)17-25(29)27-26-16-20-12-13-21(32-3)15-24(20)33-4/h5-16H,17H2,1-4H3,(H,27,29)/b26-16-. The molecule has 178 valence electrons. The van der Waals surface area contributed by atoms with Gasteiger partial charge in [0, 0.05) is 11.6 Å². The Morgan fingerprint density at radius 2 is 1.74 bits per heavy atom. The first-order chi connectivity index (χ1) is 16.3. The van der Waals surface area contributed by atoms with Crippen LogP contribution in [0.25, 0.3) is 0 Å². The third-order valence-corrected chi connectivity index (χ3v) is 6.86. The molecule has 1 N–H and O–H groups in total. The van der Waals surface area contributed by atoms with Crippen LogP contribution >= 0.6 is 0 Å². The third-order valence-electron chi connectivity index (χ3n) is 5.09. The van der Waals surface area contributed by atoms with Crippen molar-refractivity contribution in [3.63, 3.8) is 0 Å². The van der Waals surface area contributed by atoms with Gasteiger partial charge in [-0.2, -0.15) is 5.10 Å². The Labute approximate surface area is 199 Å². The van der Waals surface area contributed by atoms with Crippen LogP contribution in [0.3, 0.4) is 0 Å². The summed E-state index contributed by atoms with van der Waals surface area (Å²) in [6.45, 7) is 3.22. The van der Waals surface area contributed by atoms with E-state index in [4.69, 9.17) is 9.47 Å². The zero-order valence-corrected chi connectivity index (χ0v) is 20.3. The lowest BCUT2D eigenvalue weighted by Gasteiger charge is -2.25. The summed E-state index contributed by atoms with van der Waals surface area (Å²) in [7, 11) is -0.933. The molecule has 3 aromatic carbocycles. The second kappa shape index (κ2) is 10.8. The number of nitrogens with one attached hydrogen (secondary N) is 1. The summed E-state index contributed by atoms with van der Waals surface area (Å²) in [4.78, 5) is 12.9. The molecule has 0 aliphatic heterocycles. The molecule has 0 saturated heterocycles. The number of hydrazone groups is 1. The molecular formula is C25H27N3O5S. The Kier molecular flexibility index (Phi) is 7.91. The van der Waals surface area contributed by atoms with Gasteiger partial charge in [-0.15, -0.1) is 0 Å². The molecule has 1 amide bonds. The molecule has 0 aliphatic carbocycles. The Balaban J connectivity index is 1.86. The van der Waals surface area contributed by atoms with Gasteiger partial charge in [-0.1, -0.05) is 30.3 Å². The average Bonchev–Trinajstić information content (AvgIpc) is 2.84. The minimum absolute atomic E-state index is 0.0928. The van der Waals surface area contributed by atoms with E-state index in [0.717, 1.165) is 15.4 Å². The Morgan fingerprint density at radius 1 is 1.00 bits per heavy atom. The number of carbonyl (C=O) groups excluding carboxylic acids is 1. The lowest BCUT2D eigenvalue weighted by atomic mass is 10.1. The Hall–Kier alpha value is -3.85. The smallest absolute Gasteiger partial charge is 0.264 e. The van der Waals surface area contributed by atoms with E-state index in [0.29, 0.717) is 22.7 Å². The van der Waals surface area contributed by atoms with Gasteiger partial charge in [0.15, 0.2) is 0 Å². The van der Waals surface area contributed by atoms with Crippen molar-refractivity contribution in [1.82, 2.24) is 5.43 Å². The second-order valence-electron chi connectivity index (χ2n) is 7.52. The number of benzene rings is 3. The van der Waals surface area contributed by atoms with E-state index in [2.05, 4.69) is 10.5 Å². The van der Waals surface area contributed by atoms with Crippen LogP contribution in [-0.4, -0.2) is 41.3 Å². The summed E-state index contributed by atoms with van der Waals surface area (Å²) >= 11 is 0. The van der Waals surface area contributed by atoms with Crippen molar-refractivity contribution in [1.29, 1.82) is 0 Å². The van der Waals surface area contributed by atoms with Crippen molar-refractivity contribution in [3.8, 4) is 11.5 Å². The zero-order valence-electron chi connectivity index (χ0n) is 19.5. The average molecular weight is 482 g/mol. The van der Waals surface area contributed by atoms with E-state index < -0.39 is 22.5 Å². The number of nitrogens with zero attached hydrogens (tertiary/aromatic N) is 2. The van der Waals surface area contributed by atoms with E-state index in [9.17, 15) is 13.2 Å². The molecule has 0 saturated carbocycles. The quantitative estimate of drug-likeness (QED) is 0.372. The van der Waals surface area contributed by atoms with E-state index in [1.54, 1.807) is 56.5 Å². The first-order valence-corrected chi connectivity index (χ1v) is 11.9. The lowest BCUT2D eigenvalue weighted by molar-refractivity contribution is -0.119. The van der Waals surface area contributed by atoms with Crippen LogP contribution in [0.4, 0.5) is 5.69 Å². The van der Waals surface area contributed by atoms with E-state index in [-0.39, 0.29) is 4.90 Å². The zero-order chi connectivity index (χ0) is 24.7. The summed E-state index contributed by atoms with van der Waals surface area (Å²) < 4.78 is 38.5. The molecule has 0 spiro atoms. The molecule has 0 bridgehead atoms. The van der Waals surface area contributed by atoms with Crippen LogP contribution in [0, 0.1) is 13.8 Å². The summed E-state index contributed by atoms with van der Waals surface area (Å²) in [5, 5.41) is 3.98. The second-order valence-corrected chi connectivity index (χ2v) is 9.38. The van der Waals surface area contributed by atoms with Crippen LogP contribution in [-0.2, 0) is 14.8 Å². The number of hydrogen-bond acceptors (Lipinski definition) is 6. The van der Waals surface area contributed by atoms with Crippen molar-refractivity contribution in [2.45, 2.75) is 18.7 Å². The normalized spacial score (nSPS) is 11.3. The van der Waals surface area contributed by atoms with Crippen LogP contribution < -0.4 is 19.2 Å². The van der Waals surface area contributed by atoms with Crippen molar-refractivity contribution in [2.75, 3.05) is 25.1 Å². The van der Waals surface area contributed by atoms with Crippen LogP contribution in [0.5, 0.6) is 11.5 Å². The molecule has 9 heteroatoms. The number of aryl methyl sites for hydroxylation is 2.